The number of fused-ring (bicyclic) bond motifs is 3. The van der Waals surface area contributed by atoms with Gasteiger partial charge in [0.05, 0.1) is 30.3 Å². The summed E-state index contributed by atoms with van der Waals surface area (Å²) in [4.78, 5) is 33.9. The van der Waals surface area contributed by atoms with Crippen molar-refractivity contribution in [3.8, 4) is 5.75 Å². The van der Waals surface area contributed by atoms with Gasteiger partial charge in [0.25, 0.3) is 0 Å². The molecule has 0 bridgehead atoms. The Bertz CT molecular complexity index is 1380. The van der Waals surface area contributed by atoms with Crippen molar-refractivity contribution < 1.29 is 19.1 Å². The van der Waals surface area contributed by atoms with Crippen molar-refractivity contribution >= 4 is 28.9 Å². The number of carbonyl (C=O) groups excluding carboxylic acids is 2. The number of anilines is 1. The van der Waals surface area contributed by atoms with Gasteiger partial charge in [-0.25, -0.2) is 4.98 Å². The molecule has 0 spiro atoms. The van der Waals surface area contributed by atoms with E-state index >= 15 is 0 Å². The first-order chi connectivity index (χ1) is 17.6. The first-order valence-corrected chi connectivity index (χ1v) is 12.3. The lowest BCUT2D eigenvalue weighted by Gasteiger charge is -2.38. The highest BCUT2D eigenvalue weighted by molar-refractivity contribution is 6.08. The zero-order chi connectivity index (χ0) is 25.1. The number of ether oxygens (including phenoxy) is 2. The number of carbonyl (C=O) groups is 2. The molecule has 1 aromatic heterocycles. The lowest BCUT2D eigenvalue weighted by Crippen LogP contribution is -2.50. The highest BCUT2D eigenvalue weighted by atomic mass is 16.5. The molecule has 0 radical (unpaired) electrons. The van der Waals surface area contributed by atoms with E-state index in [1.807, 2.05) is 90.4 Å². The minimum Gasteiger partial charge on any atom is -0.494 e. The van der Waals surface area contributed by atoms with Crippen molar-refractivity contribution in [2.75, 3.05) is 24.7 Å². The second kappa shape index (κ2) is 10.2. The van der Waals surface area contributed by atoms with Crippen LogP contribution in [0.5, 0.6) is 5.75 Å². The van der Waals surface area contributed by atoms with E-state index in [2.05, 4.69) is 0 Å². The lowest BCUT2D eigenvalue weighted by atomic mass is 9.89. The Hall–Kier alpha value is -4.13. The third-order valence-electron chi connectivity index (χ3n) is 6.46. The molecule has 1 amide bonds. The number of hydrogen-bond donors (Lipinski definition) is 0. The summed E-state index contributed by atoms with van der Waals surface area (Å²) in [5.74, 6) is -0.684. The molecule has 0 aliphatic carbocycles. The zero-order valence-corrected chi connectivity index (χ0v) is 20.5. The van der Waals surface area contributed by atoms with Gasteiger partial charge in [0.2, 0.25) is 11.9 Å². The van der Waals surface area contributed by atoms with Crippen molar-refractivity contribution in [1.29, 1.82) is 0 Å². The quantitative estimate of drug-likeness (QED) is 0.266. The SMILES string of the molecule is CCOC(=O)C1C(=O)N(CCc2ccccc2)c2nc3ccccc3n2C1c1cccc(OCC)c1. The van der Waals surface area contributed by atoms with Crippen LogP contribution in [0.4, 0.5) is 5.95 Å². The Labute approximate surface area is 210 Å². The molecule has 1 aliphatic heterocycles. The van der Waals surface area contributed by atoms with Crippen LogP contribution in [0, 0.1) is 5.92 Å². The van der Waals surface area contributed by atoms with Crippen LogP contribution >= 0.6 is 0 Å². The highest BCUT2D eigenvalue weighted by Gasteiger charge is 2.47. The molecule has 7 nitrogen and oxygen atoms in total. The topological polar surface area (TPSA) is 73.7 Å². The maximum absolute atomic E-state index is 14.0. The number of benzene rings is 3. The predicted molar refractivity (Wildman–Crippen MR) is 138 cm³/mol. The van der Waals surface area contributed by atoms with Crippen LogP contribution < -0.4 is 9.64 Å². The Morgan fingerprint density at radius 2 is 1.72 bits per heavy atom. The van der Waals surface area contributed by atoms with Crippen LogP contribution in [0.1, 0.15) is 31.0 Å². The lowest BCUT2D eigenvalue weighted by molar-refractivity contribution is -0.153. The molecule has 0 fully saturated rings. The fraction of sp³-hybridized carbons (Fsp3) is 0.276. The average molecular weight is 484 g/mol. The summed E-state index contributed by atoms with van der Waals surface area (Å²) in [6.07, 6.45) is 0.635. The van der Waals surface area contributed by atoms with E-state index in [0.29, 0.717) is 31.3 Å². The summed E-state index contributed by atoms with van der Waals surface area (Å²) in [6.45, 7) is 4.77. The molecule has 36 heavy (non-hydrogen) atoms. The molecular weight excluding hydrogens is 454 g/mol. The van der Waals surface area contributed by atoms with Crippen molar-refractivity contribution in [3.63, 3.8) is 0 Å². The smallest absolute Gasteiger partial charge is 0.321 e. The maximum atomic E-state index is 14.0. The van der Waals surface area contributed by atoms with Crippen LogP contribution in [0.3, 0.4) is 0 Å². The van der Waals surface area contributed by atoms with Crippen molar-refractivity contribution in [1.82, 2.24) is 9.55 Å². The molecule has 5 rings (SSSR count). The standard InChI is InChI=1S/C29H29N3O4/c1-3-35-22-14-10-13-21(19-22)26-25(28(34)36-4-2)27(33)31(18-17-20-11-6-5-7-12-20)29-30-23-15-8-9-16-24(23)32(26)29/h5-16,19,25-26H,3-4,17-18H2,1-2H3. The van der Waals surface area contributed by atoms with Crippen LogP contribution in [0.15, 0.2) is 78.9 Å². The molecule has 1 aliphatic rings. The predicted octanol–water partition coefficient (Wildman–Crippen LogP) is 4.79. The molecule has 0 saturated carbocycles. The second-order valence-corrected chi connectivity index (χ2v) is 8.68. The number of para-hydroxylation sites is 2. The van der Waals surface area contributed by atoms with Gasteiger partial charge in [-0.1, -0.05) is 54.6 Å². The van der Waals surface area contributed by atoms with Gasteiger partial charge < -0.3 is 14.0 Å². The Kier molecular flexibility index (Phi) is 6.71. The van der Waals surface area contributed by atoms with Crippen LogP contribution in [0.2, 0.25) is 0 Å². The fourth-order valence-corrected chi connectivity index (χ4v) is 4.90. The number of aromatic nitrogens is 2. The van der Waals surface area contributed by atoms with Crippen LogP contribution in [-0.2, 0) is 20.7 Å². The number of amides is 1. The van der Waals surface area contributed by atoms with Gasteiger partial charge in [-0.15, -0.1) is 0 Å². The number of esters is 1. The molecular formula is C29H29N3O4. The first-order valence-electron chi connectivity index (χ1n) is 12.3. The zero-order valence-electron chi connectivity index (χ0n) is 20.5. The monoisotopic (exact) mass is 483 g/mol. The molecule has 4 aromatic rings. The van der Waals surface area contributed by atoms with Crippen LogP contribution in [-0.4, -0.2) is 41.2 Å². The van der Waals surface area contributed by atoms with Gasteiger partial charge in [-0.3, -0.25) is 14.5 Å². The van der Waals surface area contributed by atoms with E-state index in [1.54, 1.807) is 11.8 Å². The van der Waals surface area contributed by atoms with Gasteiger partial charge in [0.15, 0.2) is 5.92 Å². The molecule has 3 aromatic carbocycles. The highest BCUT2D eigenvalue weighted by Crippen LogP contribution is 2.42. The largest absolute Gasteiger partial charge is 0.494 e. The van der Waals surface area contributed by atoms with E-state index in [1.165, 1.54) is 0 Å². The van der Waals surface area contributed by atoms with Crippen molar-refractivity contribution in [2.45, 2.75) is 26.3 Å². The first kappa shape index (κ1) is 23.6. The molecule has 2 atom stereocenters. The Morgan fingerprint density at radius 1 is 0.944 bits per heavy atom. The third kappa shape index (κ3) is 4.33. The summed E-state index contributed by atoms with van der Waals surface area (Å²) < 4.78 is 13.2. The summed E-state index contributed by atoms with van der Waals surface area (Å²) >= 11 is 0. The number of imidazole rings is 1. The minimum absolute atomic E-state index is 0.190. The molecule has 0 saturated heterocycles. The van der Waals surface area contributed by atoms with Gasteiger partial charge in [0, 0.05) is 6.54 Å². The van der Waals surface area contributed by atoms with E-state index < -0.39 is 17.9 Å². The van der Waals surface area contributed by atoms with Crippen LogP contribution in [0.25, 0.3) is 11.0 Å². The second-order valence-electron chi connectivity index (χ2n) is 8.68. The van der Waals surface area contributed by atoms with E-state index in [9.17, 15) is 9.59 Å². The summed E-state index contributed by atoms with van der Waals surface area (Å²) in [6, 6.07) is 24.7. The van der Waals surface area contributed by atoms with Gasteiger partial charge >= 0.3 is 5.97 Å². The van der Waals surface area contributed by atoms with Gasteiger partial charge in [0.1, 0.15) is 5.75 Å². The third-order valence-corrected chi connectivity index (χ3v) is 6.46. The average Bonchev–Trinajstić information content (AvgIpc) is 3.28. The molecule has 184 valence electrons. The summed E-state index contributed by atoms with van der Waals surface area (Å²) in [5.41, 5.74) is 3.51. The molecule has 2 heterocycles. The minimum atomic E-state index is -1.05. The molecule has 0 N–H and O–H groups in total. The van der Waals surface area contributed by atoms with Gasteiger partial charge in [-0.2, -0.15) is 0 Å². The van der Waals surface area contributed by atoms with E-state index in [0.717, 1.165) is 22.2 Å². The Morgan fingerprint density at radius 3 is 2.50 bits per heavy atom. The normalized spacial score (nSPS) is 17.2. The summed E-state index contributed by atoms with van der Waals surface area (Å²) in [5, 5.41) is 0. The number of nitrogens with zero attached hydrogens (tertiary/aromatic N) is 3. The Balaban J connectivity index is 1.67. The fourth-order valence-electron chi connectivity index (χ4n) is 4.90. The van der Waals surface area contributed by atoms with E-state index in [-0.39, 0.29) is 12.5 Å². The maximum Gasteiger partial charge on any atom is 0.321 e. The summed E-state index contributed by atoms with van der Waals surface area (Å²) in [7, 11) is 0. The number of rotatable bonds is 8. The molecule has 2 unspecified atom stereocenters. The number of hydrogen-bond acceptors (Lipinski definition) is 5. The van der Waals surface area contributed by atoms with Crippen molar-refractivity contribution in [2.24, 2.45) is 5.92 Å². The van der Waals surface area contributed by atoms with Crippen molar-refractivity contribution in [3.05, 3.63) is 90.0 Å². The van der Waals surface area contributed by atoms with Gasteiger partial charge in [-0.05, 0) is 55.7 Å². The van der Waals surface area contributed by atoms with E-state index in [4.69, 9.17) is 14.5 Å². The molecule has 7 heteroatoms.